The molecule has 1 amide bonds. The van der Waals surface area contributed by atoms with Gasteiger partial charge in [-0.25, -0.2) is 9.59 Å². The van der Waals surface area contributed by atoms with Gasteiger partial charge < -0.3 is 24.6 Å². The van der Waals surface area contributed by atoms with Gasteiger partial charge >= 0.3 is 12.1 Å². The van der Waals surface area contributed by atoms with Crippen molar-refractivity contribution in [3.05, 3.63) is 29.3 Å². The summed E-state index contributed by atoms with van der Waals surface area (Å²) in [7, 11) is 1.58. The van der Waals surface area contributed by atoms with Crippen LogP contribution in [0.2, 0.25) is 0 Å². The second-order valence-corrected chi connectivity index (χ2v) is 6.55. The zero-order valence-corrected chi connectivity index (χ0v) is 15.4. The van der Waals surface area contributed by atoms with E-state index < -0.39 is 23.7 Å². The average Bonchev–Trinajstić information content (AvgIpc) is 2.47. The van der Waals surface area contributed by atoms with Crippen LogP contribution in [0.1, 0.15) is 38.8 Å². The third kappa shape index (κ3) is 7.43. The van der Waals surface area contributed by atoms with Crippen LogP contribution in [0.5, 0.6) is 5.75 Å². The summed E-state index contributed by atoms with van der Waals surface area (Å²) in [5, 5.41) is 11.8. The summed E-state index contributed by atoms with van der Waals surface area (Å²) in [5.41, 5.74) is 0.865. The monoisotopic (exact) mass is 353 g/mol. The molecular weight excluding hydrogens is 326 g/mol. The Morgan fingerprint density at radius 3 is 2.48 bits per heavy atom. The van der Waals surface area contributed by atoms with Crippen molar-refractivity contribution in [1.82, 2.24) is 5.32 Å². The normalized spacial score (nSPS) is 12.4. The number of aliphatic carboxylic acids is 1. The van der Waals surface area contributed by atoms with Crippen LogP contribution in [0, 0.1) is 0 Å². The summed E-state index contributed by atoms with van der Waals surface area (Å²) in [6, 6.07) is 4.32. The molecule has 25 heavy (non-hydrogen) atoms. The highest BCUT2D eigenvalue weighted by Crippen LogP contribution is 2.23. The second kappa shape index (κ2) is 9.27. The molecule has 0 aliphatic rings. The van der Waals surface area contributed by atoms with Gasteiger partial charge in [-0.3, -0.25) is 0 Å². The summed E-state index contributed by atoms with van der Waals surface area (Å²) in [6.07, 6.45) is -0.701. The predicted octanol–water partition coefficient (Wildman–Crippen LogP) is 2.75. The van der Waals surface area contributed by atoms with Gasteiger partial charge in [0.15, 0.2) is 0 Å². The Bertz CT molecular complexity index is 594. The van der Waals surface area contributed by atoms with E-state index in [0.717, 1.165) is 5.56 Å². The highest BCUT2D eigenvalue weighted by molar-refractivity contribution is 5.80. The quantitative estimate of drug-likeness (QED) is 0.746. The van der Waals surface area contributed by atoms with Crippen molar-refractivity contribution in [3.63, 3.8) is 0 Å². The Kier molecular flexibility index (Phi) is 7.70. The number of rotatable bonds is 8. The zero-order valence-electron chi connectivity index (χ0n) is 15.4. The van der Waals surface area contributed by atoms with E-state index >= 15 is 0 Å². The van der Waals surface area contributed by atoms with Crippen LogP contribution in [-0.2, 0) is 27.3 Å². The van der Waals surface area contributed by atoms with Crippen LogP contribution >= 0.6 is 0 Å². The maximum atomic E-state index is 11.9. The van der Waals surface area contributed by atoms with Gasteiger partial charge in [0.2, 0.25) is 0 Å². The van der Waals surface area contributed by atoms with Gasteiger partial charge in [-0.1, -0.05) is 6.07 Å². The third-order valence-electron chi connectivity index (χ3n) is 3.15. The molecule has 0 aromatic heterocycles. The first-order chi connectivity index (χ1) is 11.7. The first kappa shape index (κ1) is 20.8. The molecule has 1 atom stereocenters. The lowest BCUT2D eigenvalue weighted by atomic mass is 10.0. The molecule has 1 aromatic rings. The zero-order chi connectivity index (χ0) is 19.0. The number of carbonyl (C=O) groups excluding carboxylic acids is 1. The minimum absolute atomic E-state index is 0.0709. The summed E-state index contributed by atoms with van der Waals surface area (Å²) >= 11 is 0. The molecule has 1 aromatic carbocycles. The lowest BCUT2D eigenvalue weighted by Gasteiger charge is -2.22. The number of carbonyl (C=O) groups is 2. The molecule has 0 fully saturated rings. The van der Waals surface area contributed by atoms with Gasteiger partial charge in [-0.2, -0.15) is 0 Å². The first-order valence-corrected chi connectivity index (χ1v) is 8.12. The van der Waals surface area contributed by atoms with E-state index in [1.807, 2.05) is 19.1 Å². The number of carboxylic acid groups (broad SMARTS) is 1. The molecule has 0 spiro atoms. The Morgan fingerprint density at radius 1 is 1.28 bits per heavy atom. The van der Waals surface area contributed by atoms with Crippen molar-refractivity contribution in [2.45, 2.75) is 52.4 Å². The molecule has 0 radical (unpaired) electrons. The predicted molar refractivity (Wildman–Crippen MR) is 92.8 cm³/mol. The number of alkyl carbamates (subject to hydrolysis) is 1. The van der Waals surface area contributed by atoms with Gasteiger partial charge in [0, 0.05) is 13.5 Å². The summed E-state index contributed by atoms with van der Waals surface area (Å²) < 4.78 is 15.8. The van der Waals surface area contributed by atoms with E-state index in [0.29, 0.717) is 24.5 Å². The fourth-order valence-electron chi connectivity index (χ4n) is 2.21. The number of hydrogen-bond acceptors (Lipinski definition) is 5. The van der Waals surface area contributed by atoms with Crippen LogP contribution in [-0.4, -0.2) is 42.5 Å². The van der Waals surface area contributed by atoms with E-state index in [-0.39, 0.29) is 6.42 Å². The molecule has 2 N–H and O–H groups in total. The minimum atomic E-state index is -1.15. The van der Waals surface area contributed by atoms with Crippen LogP contribution in [0.4, 0.5) is 4.79 Å². The number of ether oxygens (including phenoxy) is 3. The van der Waals surface area contributed by atoms with Crippen molar-refractivity contribution in [3.8, 4) is 5.75 Å². The van der Waals surface area contributed by atoms with Crippen molar-refractivity contribution >= 4 is 12.1 Å². The van der Waals surface area contributed by atoms with E-state index in [1.165, 1.54) is 0 Å². The SMILES string of the molecule is CCOc1ccc(COC)cc1CC(NC(=O)OC(C)(C)C)C(=O)O. The molecule has 0 heterocycles. The Labute approximate surface area is 148 Å². The summed E-state index contributed by atoms with van der Waals surface area (Å²) in [6.45, 7) is 7.84. The average molecular weight is 353 g/mol. The molecule has 7 nitrogen and oxygen atoms in total. The Balaban J connectivity index is 2.97. The van der Waals surface area contributed by atoms with E-state index in [1.54, 1.807) is 33.9 Å². The van der Waals surface area contributed by atoms with Crippen molar-refractivity contribution in [2.75, 3.05) is 13.7 Å². The lowest BCUT2D eigenvalue weighted by molar-refractivity contribution is -0.139. The van der Waals surface area contributed by atoms with E-state index in [2.05, 4.69) is 5.32 Å². The molecule has 140 valence electrons. The Hall–Kier alpha value is -2.28. The van der Waals surface area contributed by atoms with Crippen LogP contribution in [0.25, 0.3) is 0 Å². The van der Waals surface area contributed by atoms with Crippen LogP contribution in [0.3, 0.4) is 0 Å². The third-order valence-corrected chi connectivity index (χ3v) is 3.15. The van der Waals surface area contributed by atoms with Crippen LogP contribution < -0.4 is 10.1 Å². The van der Waals surface area contributed by atoms with Gasteiger partial charge in [0.25, 0.3) is 0 Å². The van der Waals surface area contributed by atoms with E-state index in [9.17, 15) is 14.7 Å². The molecule has 0 bridgehead atoms. The van der Waals surface area contributed by atoms with Gasteiger partial charge in [0.05, 0.1) is 13.2 Å². The maximum Gasteiger partial charge on any atom is 0.408 e. The highest BCUT2D eigenvalue weighted by atomic mass is 16.6. The lowest BCUT2D eigenvalue weighted by Crippen LogP contribution is -2.44. The van der Waals surface area contributed by atoms with Gasteiger partial charge in [0.1, 0.15) is 17.4 Å². The summed E-state index contributed by atoms with van der Waals surface area (Å²) in [5.74, 6) is -0.565. The molecular formula is C18H27NO6. The first-order valence-electron chi connectivity index (χ1n) is 8.12. The fourth-order valence-corrected chi connectivity index (χ4v) is 2.21. The molecule has 7 heteroatoms. The summed E-state index contributed by atoms with van der Waals surface area (Å²) in [4.78, 5) is 23.4. The molecule has 1 unspecified atom stereocenters. The number of nitrogens with one attached hydrogen (secondary N) is 1. The molecule has 1 rings (SSSR count). The minimum Gasteiger partial charge on any atom is -0.494 e. The standard InChI is InChI=1S/C18H27NO6/c1-6-24-15-8-7-12(11-23-5)9-13(15)10-14(16(20)21)19-17(22)25-18(2,3)4/h7-9,14H,6,10-11H2,1-5H3,(H,19,22)(H,20,21). The smallest absolute Gasteiger partial charge is 0.408 e. The highest BCUT2D eigenvalue weighted by Gasteiger charge is 2.25. The Morgan fingerprint density at radius 2 is 1.96 bits per heavy atom. The molecule has 0 saturated heterocycles. The molecule has 0 saturated carbocycles. The number of carboxylic acids is 1. The van der Waals surface area contributed by atoms with Crippen molar-refractivity contribution in [2.24, 2.45) is 0 Å². The van der Waals surface area contributed by atoms with Gasteiger partial charge in [-0.05, 0) is 51.0 Å². The van der Waals surface area contributed by atoms with E-state index in [4.69, 9.17) is 14.2 Å². The van der Waals surface area contributed by atoms with Crippen LogP contribution in [0.15, 0.2) is 18.2 Å². The maximum absolute atomic E-state index is 11.9. The van der Waals surface area contributed by atoms with Crippen molar-refractivity contribution < 1.29 is 28.9 Å². The number of amides is 1. The van der Waals surface area contributed by atoms with Crippen molar-refractivity contribution in [1.29, 1.82) is 0 Å². The van der Waals surface area contributed by atoms with Gasteiger partial charge in [-0.15, -0.1) is 0 Å². The number of benzene rings is 1. The topological polar surface area (TPSA) is 94.1 Å². The molecule has 0 aliphatic heterocycles. The molecule has 0 aliphatic carbocycles. The largest absolute Gasteiger partial charge is 0.494 e. The number of methoxy groups -OCH3 is 1. The fraction of sp³-hybridized carbons (Fsp3) is 0.556. The second-order valence-electron chi connectivity index (χ2n) is 6.55. The number of hydrogen-bond donors (Lipinski definition) is 2.